The predicted molar refractivity (Wildman–Crippen MR) is 58.1 cm³/mol. The van der Waals surface area contributed by atoms with Crippen LogP contribution in [0.3, 0.4) is 0 Å². The van der Waals surface area contributed by atoms with E-state index in [-0.39, 0.29) is 11.2 Å². The van der Waals surface area contributed by atoms with Crippen molar-refractivity contribution in [2.24, 2.45) is 0 Å². The maximum absolute atomic E-state index is 10.4. The summed E-state index contributed by atoms with van der Waals surface area (Å²) in [6.45, 7) is 0. The quantitative estimate of drug-likeness (QED) is 0.869. The van der Waals surface area contributed by atoms with Gasteiger partial charge in [-0.1, -0.05) is 44.0 Å². The van der Waals surface area contributed by atoms with Crippen molar-refractivity contribution in [2.45, 2.75) is 11.2 Å². The molecule has 0 aliphatic rings. The second kappa shape index (κ2) is 4.77. The highest BCUT2D eigenvalue weighted by Gasteiger charge is 2.11. The van der Waals surface area contributed by atoms with Gasteiger partial charge in [-0.15, -0.1) is 0 Å². The van der Waals surface area contributed by atoms with Gasteiger partial charge in [-0.2, -0.15) is 0 Å². The molecule has 4 heteroatoms. The van der Waals surface area contributed by atoms with E-state index in [9.17, 15) is 4.79 Å². The lowest BCUT2D eigenvalue weighted by atomic mass is 10.1. The van der Waals surface area contributed by atoms with Gasteiger partial charge in [0.2, 0.25) is 0 Å². The number of hydrogen-bond donors (Lipinski definition) is 1. The summed E-state index contributed by atoms with van der Waals surface area (Å²) >= 11 is 6.65. The van der Waals surface area contributed by atoms with Crippen molar-refractivity contribution < 1.29 is 9.90 Å². The Morgan fingerprint density at radius 1 is 1.54 bits per heavy atom. The van der Waals surface area contributed by atoms with Crippen LogP contribution in [0.5, 0.6) is 0 Å². The molecule has 1 rings (SSSR count). The molecule has 0 radical (unpaired) electrons. The topological polar surface area (TPSA) is 37.3 Å². The SMILES string of the molecule is O=C(O)CC(Br)c1cccc(Br)c1. The van der Waals surface area contributed by atoms with Gasteiger partial charge >= 0.3 is 5.97 Å². The average Bonchev–Trinajstić information content (AvgIpc) is 2.03. The Hall–Kier alpha value is -0.350. The Morgan fingerprint density at radius 3 is 2.77 bits per heavy atom. The smallest absolute Gasteiger partial charge is 0.304 e. The first kappa shape index (κ1) is 10.7. The van der Waals surface area contributed by atoms with Gasteiger partial charge in [0.05, 0.1) is 6.42 Å². The summed E-state index contributed by atoms with van der Waals surface area (Å²) in [5.41, 5.74) is 0.969. The number of carboxylic acid groups (broad SMARTS) is 1. The summed E-state index contributed by atoms with van der Waals surface area (Å²) in [6, 6.07) is 7.59. The van der Waals surface area contributed by atoms with Gasteiger partial charge in [-0.3, -0.25) is 4.79 Å². The summed E-state index contributed by atoms with van der Waals surface area (Å²) in [6.07, 6.45) is 0.0937. The highest BCUT2D eigenvalue weighted by Crippen LogP contribution is 2.27. The van der Waals surface area contributed by atoms with E-state index in [1.807, 2.05) is 24.3 Å². The predicted octanol–water partition coefficient (Wildman–Crippen LogP) is 3.36. The molecule has 2 nitrogen and oxygen atoms in total. The second-order valence-corrected chi connectivity index (χ2v) is 4.64. The molecule has 0 saturated carbocycles. The van der Waals surface area contributed by atoms with Crippen LogP contribution in [0.4, 0.5) is 0 Å². The summed E-state index contributed by atoms with van der Waals surface area (Å²) < 4.78 is 0.958. The number of hydrogen-bond acceptors (Lipinski definition) is 1. The zero-order valence-electron chi connectivity index (χ0n) is 6.71. The number of carboxylic acids is 1. The van der Waals surface area contributed by atoms with Gasteiger partial charge in [0.25, 0.3) is 0 Å². The third-order valence-corrected chi connectivity index (χ3v) is 2.91. The van der Waals surface area contributed by atoms with E-state index < -0.39 is 5.97 Å². The maximum Gasteiger partial charge on any atom is 0.304 e. The summed E-state index contributed by atoms with van der Waals surface area (Å²) in [7, 11) is 0. The summed E-state index contributed by atoms with van der Waals surface area (Å²) in [5.74, 6) is -0.804. The number of carbonyl (C=O) groups is 1. The van der Waals surface area contributed by atoms with Crippen LogP contribution in [0.1, 0.15) is 16.8 Å². The molecule has 0 spiro atoms. The Bertz CT molecular complexity index is 312. The van der Waals surface area contributed by atoms with Crippen LogP contribution >= 0.6 is 31.9 Å². The molecule has 0 fully saturated rings. The van der Waals surface area contributed by atoms with Gasteiger partial charge in [-0.05, 0) is 17.7 Å². The number of aliphatic carboxylic acids is 1. The molecule has 0 heterocycles. The molecular formula is C9H8Br2O2. The normalized spacial score (nSPS) is 12.5. The fraction of sp³-hybridized carbons (Fsp3) is 0.222. The molecule has 0 amide bonds. The van der Waals surface area contributed by atoms with Crippen LogP contribution in [0.15, 0.2) is 28.7 Å². The van der Waals surface area contributed by atoms with Crippen LogP contribution in [0.25, 0.3) is 0 Å². The van der Waals surface area contributed by atoms with E-state index in [4.69, 9.17) is 5.11 Å². The van der Waals surface area contributed by atoms with E-state index in [2.05, 4.69) is 31.9 Å². The fourth-order valence-electron chi connectivity index (χ4n) is 0.973. The highest BCUT2D eigenvalue weighted by atomic mass is 79.9. The van der Waals surface area contributed by atoms with Crippen LogP contribution < -0.4 is 0 Å². The van der Waals surface area contributed by atoms with Gasteiger partial charge in [0.15, 0.2) is 0 Å². The van der Waals surface area contributed by atoms with Gasteiger partial charge in [0.1, 0.15) is 0 Å². The Kier molecular flexibility index (Phi) is 3.93. The molecule has 0 aromatic heterocycles. The van der Waals surface area contributed by atoms with E-state index in [1.54, 1.807) is 0 Å². The Labute approximate surface area is 93.2 Å². The molecule has 1 atom stereocenters. The minimum atomic E-state index is -0.804. The van der Waals surface area contributed by atoms with E-state index in [0.717, 1.165) is 10.0 Å². The Balaban J connectivity index is 2.76. The summed E-state index contributed by atoms with van der Waals surface area (Å²) in [5, 5.41) is 8.57. The lowest BCUT2D eigenvalue weighted by Crippen LogP contribution is -2.00. The van der Waals surface area contributed by atoms with Gasteiger partial charge in [0, 0.05) is 9.30 Å². The second-order valence-electron chi connectivity index (χ2n) is 2.62. The maximum atomic E-state index is 10.4. The van der Waals surface area contributed by atoms with E-state index in [1.165, 1.54) is 0 Å². The molecule has 0 bridgehead atoms. The molecule has 0 saturated heterocycles. The van der Waals surface area contributed by atoms with Crippen molar-refractivity contribution in [3.8, 4) is 0 Å². The van der Waals surface area contributed by atoms with Crippen molar-refractivity contribution in [3.63, 3.8) is 0 Å². The largest absolute Gasteiger partial charge is 0.481 e. The van der Waals surface area contributed by atoms with Crippen LogP contribution in [-0.4, -0.2) is 11.1 Å². The van der Waals surface area contributed by atoms with Crippen molar-refractivity contribution in [1.82, 2.24) is 0 Å². The van der Waals surface area contributed by atoms with Crippen LogP contribution in [-0.2, 0) is 4.79 Å². The molecule has 1 N–H and O–H groups in total. The van der Waals surface area contributed by atoms with E-state index in [0.29, 0.717) is 0 Å². The number of benzene rings is 1. The molecule has 1 aromatic carbocycles. The minimum absolute atomic E-state index is 0.0937. The van der Waals surface area contributed by atoms with Crippen molar-refractivity contribution in [3.05, 3.63) is 34.3 Å². The average molecular weight is 308 g/mol. The first-order valence-electron chi connectivity index (χ1n) is 3.71. The molecule has 1 aromatic rings. The number of halogens is 2. The van der Waals surface area contributed by atoms with Gasteiger partial charge in [-0.25, -0.2) is 0 Å². The highest BCUT2D eigenvalue weighted by molar-refractivity contribution is 9.10. The van der Waals surface area contributed by atoms with Crippen molar-refractivity contribution in [1.29, 1.82) is 0 Å². The number of rotatable bonds is 3. The third kappa shape index (κ3) is 3.48. The van der Waals surface area contributed by atoms with Crippen LogP contribution in [0, 0.1) is 0 Å². The zero-order chi connectivity index (χ0) is 9.84. The minimum Gasteiger partial charge on any atom is -0.481 e. The third-order valence-electron chi connectivity index (χ3n) is 1.56. The Morgan fingerprint density at radius 2 is 2.23 bits per heavy atom. The molecule has 1 unspecified atom stereocenters. The van der Waals surface area contributed by atoms with Crippen molar-refractivity contribution >= 4 is 37.8 Å². The number of alkyl halides is 1. The monoisotopic (exact) mass is 306 g/mol. The standard InChI is InChI=1S/C9H8Br2O2/c10-7-3-1-2-6(4-7)8(11)5-9(12)13/h1-4,8H,5H2,(H,12,13). The lowest BCUT2D eigenvalue weighted by molar-refractivity contribution is -0.136. The molecule has 0 aliphatic carbocycles. The van der Waals surface area contributed by atoms with E-state index >= 15 is 0 Å². The molecular weight excluding hydrogens is 300 g/mol. The molecule has 0 aliphatic heterocycles. The lowest BCUT2D eigenvalue weighted by Gasteiger charge is -2.06. The molecule has 70 valence electrons. The van der Waals surface area contributed by atoms with Crippen molar-refractivity contribution in [2.75, 3.05) is 0 Å². The fourth-order valence-corrected chi connectivity index (χ4v) is 1.95. The first-order chi connectivity index (χ1) is 6.09. The molecule has 13 heavy (non-hydrogen) atoms. The zero-order valence-corrected chi connectivity index (χ0v) is 9.88. The van der Waals surface area contributed by atoms with Gasteiger partial charge < -0.3 is 5.11 Å². The van der Waals surface area contributed by atoms with Crippen LogP contribution in [0.2, 0.25) is 0 Å². The first-order valence-corrected chi connectivity index (χ1v) is 5.42. The summed E-state index contributed by atoms with van der Waals surface area (Å²) in [4.78, 5) is 10.3.